The normalized spacial score (nSPS) is 10.2. The highest BCUT2D eigenvalue weighted by Gasteiger charge is 2.10. The fourth-order valence-corrected chi connectivity index (χ4v) is 0.988. The number of aromatic amines is 1. The van der Waals surface area contributed by atoms with E-state index in [0.29, 0.717) is 5.56 Å². The SMILES string of the molecule is Oc1cccc(-c2nn[nH]n2)c1O. The number of hydrogen-bond acceptors (Lipinski definition) is 5. The molecule has 2 aromatic rings. The number of para-hydroxylation sites is 1. The molecule has 0 saturated carbocycles. The minimum absolute atomic E-state index is 0.206. The Kier molecular flexibility index (Phi) is 1.59. The Morgan fingerprint density at radius 1 is 1.23 bits per heavy atom. The Labute approximate surface area is 72.9 Å². The van der Waals surface area contributed by atoms with Crippen LogP contribution < -0.4 is 0 Å². The number of benzene rings is 1. The van der Waals surface area contributed by atoms with Gasteiger partial charge in [0.25, 0.3) is 0 Å². The summed E-state index contributed by atoms with van der Waals surface area (Å²) in [5.41, 5.74) is 0.341. The third-order valence-electron chi connectivity index (χ3n) is 1.60. The summed E-state index contributed by atoms with van der Waals surface area (Å²) < 4.78 is 0. The van der Waals surface area contributed by atoms with Crippen molar-refractivity contribution in [3.8, 4) is 22.9 Å². The summed E-state index contributed by atoms with van der Waals surface area (Å²) in [5, 5.41) is 31.5. The second-order valence-corrected chi connectivity index (χ2v) is 2.41. The topological polar surface area (TPSA) is 94.9 Å². The van der Waals surface area contributed by atoms with Crippen LogP contribution in [-0.4, -0.2) is 30.8 Å². The van der Waals surface area contributed by atoms with Crippen molar-refractivity contribution in [3.05, 3.63) is 18.2 Å². The lowest BCUT2D eigenvalue weighted by Crippen LogP contribution is -1.82. The van der Waals surface area contributed by atoms with E-state index in [1.807, 2.05) is 0 Å². The molecule has 0 saturated heterocycles. The van der Waals surface area contributed by atoms with Gasteiger partial charge in [-0.15, -0.1) is 10.2 Å². The molecule has 1 heterocycles. The highest BCUT2D eigenvalue weighted by molar-refractivity contribution is 5.66. The van der Waals surface area contributed by atoms with Crippen LogP contribution in [0.15, 0.2) is 18.2 Å². The first-order chi connectivity index (χ1) is 6.29. The molecule has 13 heavy (non-hydrogen) atoms. The summed E-state index contributed by atoms with van der Waals surface area (Å²) in [6, 6.07) is 4.54. The molecule has 0 fully saturated rings. The first-order valence-electron chi connectivity index (χ1n) is 3.54. The van der Waals surface area contributed by atoms with E-state index in [4.69, 9.17) is 5.11 Å². The quantitative estimate of drug-likeness (QED) is 0.545. The van der Waals surface area contributed by atoms with Crippen molar-refractivity contribution >= 4 is 0 Å². The molecule has 0 aliphatic rings. The number of phenolic OH excluding ortho intramolecular Hbond substituents is 2. The van der Waals surface area contributed by atoms with Gasteiger partial charge in [0.15, 0.2) is 11.5 Å². The minimum atomic E-state index is -0.246. The third-order valence-corrected chi connectivity index (χ3v) is 1.60. The predicted octanol–water partition coefficient (Wildman–Crippen LogP) is 0.278. The minimum Gasteiger partial charge on any atom is -0.504 e. The summed E-state index contributed by atoms with van der Waals surface area (Å²) in [7, 11) is 0. The molecular weight excluding hydrogens is 172 g/mol. The Morgan fingerprint density at radius 2 is 2.08 bits per heavy atom. The molecule has 0 atom stereocenters. The molecule has 0 radical (unpaired) electrons. The molecule has 0 bridgehead atoms. The molecule has 6 nitrogen and oxygen atoms in total. The van der Waals surface area contributed by atoms with Crippen LogP contribution in [0.2, 0.25) is 0 Å². The van der Waals surface area contributed by atoms with E-state index in [1.165, 1.54) is 6.07 Å². The number of tetrazole rings is 1. The first kappa shape index (κ1) is 7.53. The third kappa shape index (κ3) is 1.18. The Balaban J connectivity index is 2.59. The van der Waals surface area contributed by atoms with Crippen LogP contribution >= 0.6 is 0 Å². The Morgan fingerprint density at radius 3 is 2.77 bits per heavy atom. The maximum absolute atomic E-state index is 9.40. The molecule has 2 rings (SSSR count). The fourth-order valence-electron chi connectivity index (χ4n) is 0.988. The Bertz CT molecular complexity index is 412. The summed E-state index contributed by atoms with van der Waals surface area (Å²) in [6.45, 7) is 0. The van der Waals surface area contributed by atoms with E-state index in [-0.39, 0.29) is 17.3 Å². The number of phenols is 2. The van der Waals surface area contributed by atoms with Gasteiger partial charge in [0.1, 0.15) is 0 Å². The van der Waals surface area contributed by atoms with Gasteiger partial charge in [-0.1, -0.05) is 6.07 Å². The van der Waals surface area contributed by atoms with Crippen molar-refractivity contribution in [1.29, 1.82) is 0 Å². The summed E-state index contributed by atoms with van der Waals surface area (Å²) in [5.74, 6) is -0.209. The van der Waals surface area contributed by atoms with E-state index in [2.05, 4.69) is 20.6 Å². The maximum atomic E-state index is 9.40. The van der Waals surface area contributed by atoms with Gasteiger partial charge < -0.3 is 10.2 Å². The highest BCUT2D eigenvalue weighted by atomic mass is 16.3. The van der Waals surface area contributed by atoms with Crippen LogP contribution in [-0.2, 0) is 0 Å². The van der Waals surface area contributed by atoms with Crippen molar-refractivity contribution < 1.29 is 10.2 Å². The molecular formula is C7H6N4O2. The lowest BCUT2D eigenvalue weighted by atomic mass is 10.2. The standard InChI is InChI=1S/C7H6N4O2/c12-5-3-1-2-4(6(5)13)7-8-10-11-9-7/h1-3,12-13H,(H,8,9,10,11). The molecule has 6 heteroatoms. The lowest BCUT2D eigenvalue weighted by Gasteiger charge is -2.00. The molecule has 0 aliphatic heterocycles. The van der Waals surface area contributed by atoms with E-state index < -0.39 is 0 Å². The van der Waals surface area contributed by atoms with Gasteiger partial charge in [0.2, 0.25) is 5.82 Å². The zero-order chi connectivity index (χ0) is 9.26. The number of rotatable bonds is 1. The van der Waals surface area contributed by atoms with E-state index in [1.54, 1.807) is 12.1 Å². The molecule has 0 amide bonds. The van der Waals surface area contributed by atoms with Crippen LogP contribution in [0.3, 0.4) is 0 Å². The van der Waals surface area contributed by atoms with Gasteiger partial charge in [-0.25, -0.2) is 0 Å². The second kappa shape index (κ2) is 2.74. The molecule has 3 N–H and O–H groups in total. The van der Waals surface area contributed by atoms with Crippen molar-refractivity contribution in [2.75, 3.05) is 0 Å². The van der Waals surface area contributed by atoms with Gasteiger partial charge in [-0.05, 0) is 17.3 Å². The largest absolute Gasteiger partial charge is 0.504 e. The molecule has 0 spiro atoms. The average molecular weight is 178 g/mol. The predicted molar refractivity (Wildman–Crippen MR) is 42.9 cm³/mol. The zero-order valence-corrected chi connectivity index (χ0v) is 6.47. The van der Waals surface area contributed by atoms with Crippen LogP contribution in [0.5, 0.6) is 11.5 Å². The van der Waals surface area contributed by atoms with E-state index >= 15 is 0 Å². The lowest BCUT2D eigenvalue weighted by molar-refractivity contribution is 0.405. The number of hydrogen-bond donors (Lipinski definition) is 3. The van der Waals surface area contributed by atoms with E-state index in [0.717, 1.165) is 0 Å². The average Bonchev–Trinajstić information content (AvgIpc) is 2.62. The van der Waals surface area contributed by atoms with Crippen molar-refractivity contribution in [2.45, 2.75) is 0 Å². The van der Waals surface area contributed by atoms with Crippen molar-refractivity contribution in [2.24, 2.45) is 0 Å². The summed E-state index contributed by atoms with van der Waals surface area (Å²) in [4.78, 5) is 0. The molecule has 66 valence electrons. The maximum Gasteiger partial charge on any atom is 0.208 e. The highest BCUT2D eigenvalue weighted by Crippen LogP contribution is 2.33. The second-order valence-electron chi connectivity index (χ2n) is 2.41. The first-order valence-corrected chi connectivity index (χ1v) is 3.54. The smallest absolute Gasteiger partial charge is 0.208 e. The number of aromatic hydroxyl groups is 2. The van der Waals surface area contributed by atoms with Crippen LogP contribution in [0.4, 0.5) is 0 Å². The summed E-state index contributed by atoms with van der Waals surface area (Å²) in [6.07, 6.45) is 0. The number of nitrogens with zero attached hydrogens (tertiary/aromatic N) is 3. The Hall–Kier alpha value is -2.11. The van der Waals surface area contributed by atoms with Gasteiger partial charge in [-0.2, -0.15) is 5.21 Å². The monoisotopic (exact) mass is 178 g/mol. The van der Waals surface area contributed by atoms with Crippen LogP contribution in [0.25, 0.3) is 11.4 Å². The van der Waals surface area contributed by atoms with Gasteiger partial charge in [0, 0.05) is 0 Å². The summed E-state index contributed by atoms with van der Waals surface area (Å²) >= 11 is 0. The van der Waals surface area contributed by atoms with Crippen LogP contribution in [0, 0.1) is 0 Å². The number of H-pyrrole nitrogens is 1. The zero-order valence-electron chi connectivity index (χ0n) is 6.47. The number of aromatic nitrogens is 4. The van der Waals surface area contributed by atoms with Crippen molar-refractivity contribution in [1.82, 2.24) is 20.6 Å². The molecule has 0 aliphatic carbocycles. The van der Waals surface area contributed by atoms with Crippen LogP contribution in [0.1, 0.15) is 0 Å². The number of nitrogens with one attached hydrogen (secondary N) is 1. The van der Waals surface area contributed by atoms with Gasteiger partial charge in [-0.3, -0.25) is 0 Å². The molecule has 1 aromatic heterocycles. The van der Waals surface area contributed by atoms with Gasteiger partial charge in [0.05, 0.1) is 5.56 Å². The fraction of sp³-hybridized carbons (Fsp3) is 0. The van der Waals surface area contributed by atoms with Gasteiger partial charge >= 0.3 is 0 Å². The molecule has 1 aromatic carbocycles. The van der Waals surface area contributed by atoms with E-state index in [9.17, 15) is 5.11 Å². The van der Waals surface area contributed by atoms with Crippen molar-refractivity contribution in [3.63, 3.8) is 0 Å². The molecule has 0 unspecified atom stereocenters.